The Morgan fingerprint density at radius 2 is 2.38 bits per heavy atom. The second kappa shape index (κ2) is 5.12. The number of hydrogen-bond donors (Lipinski definition) is 2. The van der Waals surface area contributed by atoms with E-state index in [2.05, 4.69) is 10.5 Å². The van der Waals surface area contributed by atoms with Crippen LogP contribution in [-0.4, -0.2) is 29.3 Å². The molecular weight excluding hydrogens is 208 g/mol. The molecule has 88 valence electrons. The van der Waals surface area contributed by atoms with Crippen molar-refractivity contribution in [2.45, 2.75) is 19.3 Å². The monoisotopic (exact) mass is 224 g/mol. The van der Waals surface area contributed by atoms with Crippen molar-refractivity contribution in [3.8, 4) is 0 Å². The number of amides is 1. The van der Waals surface area contributed by atoms with Crippen LogP contribution < -0.4 is 5.32 Å². The molecule has 2 unspecified atom stereocenters. The summed E-state index contributed by atoms with van der Waals surface area (Å²) in [7, 11) is 0. The van der Waals surface area contributed by atoms with Crippen molar-refractivity contribution in [2.75, 3.05) is 13.2 Å². The number of nitrogens with zero attached hydrogens (tertiary/aromatic N) is 1. The summed E-state index contributed by atoms with van der Waals surface area (Å²) in [5, 5.41) is 15.4. The highest BCUT2D eigenvalue weighted by Gasteiger charge is 2.27. The predicted molar refractivity (Wildman–Crippen MR) is 56.8 cm³/mol. The molecule has 1 aliphatic carbocycles. The number of rotatable bonds is 4. The average molecular weight is 224 g/mol. The summed E-state index contributed by atoms with van der Waals surface area (Å²) in [6, 6.07) is 1.54. The van der Waals surface area contributed by atoms with E-state index in [9.17, 15) is 4.79 Å². The summed E-state index contributed by atoms with van der Waals surface area (Å²) in [4.78, 5) is 11.6. The van der Waals surface area contributed by atoms with E-state index in [4.69, 9.17) is 9.63 Å². The Hall–Kier alpha value is -1.36. The maximum absolute atomic E-state index is 11.6. The summed E-state index contributed by atoms with van der Waals surface area (Å²) in [5.41, 5.74) is 0. The summed E-state index contributed by atoms with van der Waals surface area (Å²) in [5.74, 6) is 0.714. The molecule has 2 N–H and O–H groups in total. The van der Waals surface area contributed by atoms with Gasteiger partial charge in [-0.25, -0.2) is 0 Å². The largest absolute Gasteiger partial charge is 0.396 e. The van der Waals surface area contributed by atoms with Gasteiger partial charge in [-0.3, -0.25) is 4.79 Å². The first-order valence-corrected chi connectivity index (χ1v) is 5.61. The molecule has 0 aliphatic heterocycles. The SMILES string of the molecule is O=C(NCC1CCCC1CO)c1ccno1. The van der Waals surface area contributed by atoms with E-state index < -0.39 is 0 Å². The van der Waals surface area contributed by atoms with E-state index in [0.717, 1.165) is 19.3 Å². The van der Waals surface area contributed by atoms with Gasteiger partial charge in [0.25, 0.3) is 5.91 Å². The molecule has 2 rings (SSSR count). The molecule has 1 heterocycles. The lowest BCUT2D eigenvalue weighted by Crippen LogP contribution is -2.31. The van der Waals surface area contributed by atoms with Gasteiger partial charge in [0, 0.05) is 19.2 Å². The van der Waals surface area contributed by atoms with Crippen molar-refractivity contribution >= 4 is 5.91 Å². The first kappa shape index (κ1) is 11.1. The van der Waals surface area contributed by atoms with Gasteiger partial charge in [0.2, 0.25) is 5.76 Å². The van der Waals surface area contributed by atoms with Crippen LogP contribution in [-0.2, 0) is 0 Å². The molecule has 16 heavy (non-hydrogen) atoms. The van der Waals surface area contributed by atoms with Crippen molar-refractivity contribution in [3.05, 3.63) is 18.0 Å². The highest BCUT2D eigenvalue weighted by molar-refractivity contribution is 5.91. The fraction of sp³-hybridized carbons (Fsp3) is 0.636. The minimum Gasteiger partial charge on any atom is -0.396 e. The van der Waals surface area contributed by atoms with E-state index >= 15 is 0 Å². The van der Waals surface area contributed by atoms with E-state index in [1.54, 1.807) is 0 Å². The Labute approximate surface area is 93.8 Å². The van der Waals surface area contributed by atoms with Gasteiger partial charge in [-0.05, 0) is 24.7 Å². The highest BCUT2D eigenvalue weighted by Crippen LogP contribution is 2.30. The molecule has 0 saturated heterocycles. The van der Waals surface area contributed by atoms with E-state index in [1.165, 1.54) is 12.3 Å². The van der Waals surface area contributed by atoms with Gasteiger partial charge in [-0.1, -0.05) is 11.6 Å². The Kier molecular flexibility index (Phi) is 3.56. The summed E-state index contributed by atoms with van der Waals surface area (Å²) < 4.78 is 4.75. The predicted octanol–water partition coefficient (Wildman–Crippen LogP) is 0.813. The maximum atomic E-state index is 11.6. The molecule has 1 saturated carbocycles. The van der Waals surface area contributed by atoms with Crippen molar-refractivity contribution < 1.29 is 14.4 Å². The number of carbonyl (C=O) groups is 1. The van der Waals surface area contributed by atoms with Crippen LogP contribution in [0.1, 0.15) is 29.8 Å². The fourth-order valence-corrected chi connectivity index (χ4v) is 2.27. The van der Waals surface area contributed by atoms with Gasteiger partial charge >= 0.3 is 0 Å². The molecule has 0 bridgehead atoms. The second-order valence-electron chi connectivity index (χ2n) is 4.22. The molecule has 0 radical (unpaired) electrons. The van der Waals surface area contributed by atoms with Crippen LogP contribution in [0.3, 0.4) is 0 Å². The third-order valence-corrected chi connectivity index (χ3v) is 3.24. The second-order valence-corrected chi connectivity index (χ2v) is 4.22. The standard InChI is InChI=1S/C11H16N2O3/c14-7-9-3-1-2-8(9)6-12-11(15)10-4-5-13-16-10/h4-5,8-9,14H,1-3,6-7H2,(H,12,15). The van der Waals surface area contributed by atoms with Crippen LogP contribution in [0.4, 0.5) is 0 Å². The Morgan fingerprint density at radius 1 is 1.56 bits per heavy atom. The smallest absolute Gasteiger partial charge is 0.289 e. The first-order chi connectivity index (χ1) is 7.81. The fourth-order valence-electron chi connectivity index (χ4n) is 2.27. The molecular formula is C11H16N2O3. The van der Waals surface area contributed by atoms with E-state index in [-0.39, 0.29) is 18.3 Å². The molecule has 1 fully saturated rings. The number of aliphatic hydroxyl groups is 1. The number of nitrogens with one attached hydrogen (secondary N) is 1. The molecule has 0 spiro atoms. The van der Waals surface area contributed by atoms with Crippen molar-refractivity contribution in [3.63, 3.8) is 0 Å². The third-order valence-electron chi connectivity index (χ3n) is 3.24. The Bertz CT molecular complexity index is 337. The normalized spacial score (nSPS) is 24.6. The summed E-state index contributed by atoms with van der Waals surface area (Å²) >= 11 is 0. The molecule has 1 amide bonds. The zero-order valence-corrected chi connectivity index (χ0v) is 9.06. The Balaban J connectivity index is 1.81. The lowest BCUT2D eigenvalue weighted by molar-refractivity contribution is 0.0901. The third kappa shape index (κ3) is 2.41. The quantitative estimate of drug-likeness (QED) is 0.793. The lowest BCUT2D eigenvalue weighted by atomic mass is 9.97. The summed E-state index contributed by atoms with van der Waals surface area (Å²) in [6.45, 7) is 0.813. The minimum absolute atomic E-state index is 0.211. The minimum atomic E-state index is -0.235. The molecule has 1 aromatic rings. The van der Waals surface area contributed by atoms with Crippen molar-refractivity contribution in [2.24, 2.45) is 11.8 Å². The van der Waals surface area contributed by atoms with Gasteiger partial charge in [-0.2, -0.15) is 0 Å². The highest BCUT2D eigenvalue weighted by atomic mass is 16.5. The van der Waals surface area contributed by atoms with Crippen LogP contribution in [0.25, 0.3) is 0 Å². The first-order valence-electron chi connectivity index (χ1n) is 5.61. The van der Waals surface area contributed by atoms with Crippen LogP contribution in [0.2, 0.25) is 0 Å². The molecule has 0 aromatic carbocycles. The Morgan fingerprint density at radius 3 is 3.06 bits per heavy atom. The van der Waals surface area contributed by atoms with Gasteiger partial charge < -0.3 is 14.9 Å². The molecule has 1 aliphatic rings. The topological polar surface area (TPSA) is 75.4 Å². The van der Waals surface area contributed by atoms with Crippen LogP contribution >= 0.6 is 0 Å². The van der Waals surface area contributed by atoms with Gasteiger partial charge in [0.1, 0.15) is 0 Å². The van der Waals surface area contributed by atoms with Crippen LogP contribution in [0.5, 0.6) is 0 Å². The number of aliphatic hydroxyl groups excluding tert-OH is 1. The lowest BCUT2D eigenvalue weighted by Gasteiger charge is -2.17. The van der Waals surface area contributed by atoms with E-state index in [0.29, 0.717) is 18.4 Å². The van der Waals surface area contributed by atoms with Gasteiger partial charge in [-0.15, -0.1) is 0 Å². The molecule has 1 aromatic heterocycles. The number of carbonyl (C=O) groups excluding carboxylic acids is 1. The zero-order chi connectivity index (χ0) is 11.4. The number of aromatic nitrogens is 1. The van der Waals surface area contributed by atoms with Crippen molar-refractivity contribution in [1.29, 1.82) is 0 Å². The van der Waals surface area contributed by atoms with Crippen LogP contribution in [0.15, 0.2) is 16.8 Å². The maximum Gasteiger partial charge on any atom is 0.289 e. The van der Waals surface area contributed by atoms with Crippen molar-refractivity contribution in [1.82, 2.24) is 10.5 Å². The van der Waals surface area contributed by atoms with Gasteiger partial charge in [0.15, 0.2) is 0 Å². The zero-order valence-electron chi connectivity index (χ0n) is 9.06. The average Bonchev–Trinajstić information content (AvgIpc) is 2.96. The number of hydrogen-bond acceptors (Lipinski definition) is 4. The summed E-state index contributed by atoms with van der Waals surface area (Å²) in [6.07, 6.45) is 4.70. The molecule has 2 atom stereocenters. The van der Waals surface area contributed by atoms with Gasteiger partial charge in [0.05, 0.1) is 6.20 Å². The van der Waals surface area contributed by atoms with Crippen LogP contribution in [0, 0.1) is 11.8 Å². The van der Waals surface area contributed by atoms with E-state index in [1.807, 2.05) is 0 Å². The molecule has 5 nitrogen and oxygen atoms in total. The molecule has 5 heteroatoms.